The molecule has 0 bridgehead atoms. The number of halogens is 2. The smallest absolute Gasteiger partial charge is 0.238 e. The SMILES string of the molecule is CCC(Br)C(=O)Nc1ccc(-n2cncn2)c(F)c1. The first-order chi connectivity index (χ1) is 9.11. The Hall–Kier alpha value is -1.76. The number of hydrogen-bond donors (Lipinski definition) is 1. The summed E-state index contributed by atoms with van der Waals surface area (Å²) in [6.07, 6.45) is 3.39. The molecule has 1 unspecified atom stereocenters. The molecular formula is C12H12BrFN4O. The van der Waals surface area contributed by atoms with E-state index in [-0.39, 0.29) is 16.4 Å². The summed E-state index contributed by atoms with van der Waals surface area (Å²) in [6.45, 7) is 1.88. The molecule has 7 heteroatoms. The first-order valence-electron chi connectivity index (χ1n) is 5.71. The van der Waals surface area contributed by atoms with Crippen LogP contribution in [0.2, 0.25) is 0 Å². The van der Waals surface area contributed by atoms with E-state index >= 15 is 0 Å². The van der Waals surface area contributed by atoms with Crippen molar-refractivity contribution in [2.24, 2.45) is 0 Å². The van der Waals surface area contributed by atoms with Gasteiger partial charge >= 0.3 is 0 Å². The van der Waals surface area contributed by atoms with Crippen LogP contribution in [0.25, 0.3) is 5.69 Å². The Morgan fingerprint density at radius 1 is 1.58 bits per heavy atom. The first kappa shape index (κ1) is 13.7. The topological polar surface area (TPSA) is 59.8 Å². The lowest BCUT2D eigenvalue weighted by atomic mass is 10.2. The third-order valence-corrected chi connectivity index (χ3v) is 3.59. The summed E-state index contributed by atoms with van der Waals surface area (Å²) in [5.41, 5.74) is 0.686. The van der Waals surface area contributed by atoms with Crippen LogP contribution in [0.15, 0.2) is 30.9 Å². The number of rotatable bonds is 4. The van der Waals surface area contributed by atoms with Crippen LogP contribution in [0.3, 0.4) is 0 Å². The quantitative estimate of drug-likeness (QED) is 0.878. The zero-order chi connectivity index (χ0) is 13.8. The van der Waals surface area contributed by atoms with Crippen molar-refractivity contribution in [2.45, 2.75) is 18.2 Å². The van der Waals surface area contributed by atoms with Crippen LogP contribution in [0.4, 0.5) is 10.1 Å². The molecule has 0 aliphatic heterocycles. The van der Waals surface area contributed by atoms with Crippen molar-refractivity contribution < 1.29 is 9.18 Å². The molecular weight excluding hydrogens is 315 g/mol. The number of carbonyl (C=O) groups is 1. The maximum absolute atomic E-state index is 13.9. The van der Waals surface area contributed by atoms with Gasteiger partial charge in [-0.3, -0.25) is 4.79 Å². The van der Waals surface area contributed by atoms with Gasteiger partial charge in [-0.2, -0.15) is 5.10 Å². The van der Waals surface area contributed by atoms with Crippen LogP contribution < -0.4 is 5.32 Å². The third-order valence-electron chi connectivity index (χ3n) is 2.52. The molecule has 2 rings (SSSR count). The van der Waals surface area contributed by atoms with E-state index in [0.717, 1.165) is 0 Å². The standard InChI is InChI=1S/C12H12BrFN4O/c1-2-9(13)12(19)17-8-3-4-11(10(14)5-8)18-7-15-6-16-18/h3-7,9H,2H2,1H3,(H,17,19). The van der Waals surface area contributed by atoms with Crippen LogP contribution >= 0.6 is 15.9 Å². The molecule has 0 radical (unpaired) electrons. The van der Waals surface area contributed by atoms with Crippen molar-refractivity contribution in [1.29, 1.82) is 0 Å². The minimum absolute atomic E-state index is 0.199. The van der Waals surface area contributed by atoms with Gasteiger partial charge in [-0.15, -0.1) is 0 Å². The van der Waals surface area contributed by atoms with Crippen molar-refractivity contribution >= 4 is 27.5 Å². The van der Waals surface area contributed by atoms with Crippen molar-refractivity contribution in [1.82, 2.24) is 14.8 Å². The number of hydrogen-bond acceptors (Lipinski definition) is 3. The van der Waals surface area contributed by atoms with Gasteiger partial charge in [0.15, 0.2) is 5.82 Å². The molecule has 0 aliphatic rings. The molecule has 19 heavy (non-hydrogen) atoms. The van der Waals surface area contributed by atoms with Crippen LogP contribution in [0.1, 0.15) is 13.3 Å². The Bertz CT molecular complexity index is 573. The van der Waals surface area contributed by atoms with Crippen molar-refractivity contribution in [3.63, 3.8) is 0 Å². The number of aromatic nitrogens is 3. The van der Waals surface area contributed by atoms with Gasteiger partial charge in [0.25, 0.3) is 0 Å². The molecule has 1 N–H and O–H groups in total. The summed E-state index contributed by atoms with van der Waals surface area (Å²) in [6, 6.07) is 4.41. The summed E-state index contributed by atoms with van der Waals surface area (Å²) in [5.74, 6) is -0.679. The fraction of sp³-hybridized carbons (Fsp3) is 0.250. The summed E-state index contributed by atoms with van der Waals surface area (Å²) < 4.78 is 15.2. The Balaban J connectivity index is 2.18. The van der Waals surface area contributed by atoms with E-state index in [2.05, 4.69) is 31.3 Å². The zero-order valence-corrected chi connectivity index (χ0v) is 11.8. The van der Waals surface area contributed by atoms with Crippen molar-refractivity contribution in [2.75, 3.05) is 5.32 Å². The average molecular weight is 327 g/mol. The Labute approximate surface area is 118 Å². The van der Waals surface area contributed by atoms with Gasteiger partial charge in [-0.05, 0) is 24.6 Å². The average Bonchev–Trinajstić information content (AvgIpc) is 2.91. The van der Waals surface area contributed by atoms with E-state index < -0.39 is 5.82 Å². The summed E-state index contributed by atoms with van der Waals surface area (Å²) in [4.78, 5) is 15.1. The van der Waals surface area contributed by atoms with Crippen LogP contribution in [0.5, 0.6) is 0 Å². The molecule has 100 valence electrons. The van der Waals surface area contributed by atoms with Crippen molar-refractivity contribution in [3.05, 3.63) is 36.7 Å². The van der Waals surface area contributed by atoms with E-state index in [4.69, 9.17) is 0 Å². The fourth-order valence-electron chi connectivity index (χ4n) is 1.51. The predicted molar refractivity (Wildman–Crippen MR) is 73.0 cm³/mol. The van der Waals surface area contributed by atoms with Gasteiger partial charge in [0.1, 0.15) is 18.3 Å². The lowest BCUT2D eigenvalue weighted by molar-refractivity contribution is -0.115. The highest BCUT2D eigenvalue weighted by molar-refractivity contribution is 9.10. The second-order valence-corrected chi connectivity index (χ2v) is 4.98. The molecule has 0 saturated heterocycles. The molecule has 1 amide bonds. The number of nitrogens with one attached hydrogen (secondary N) is 1. The second kappa shape index (κ2) is 5.92. The highest BCUT2D eigenvalue weighted by atomic mass is 79.9. The van der Waals surface area contributed by atoms with Crippen molar-refractivity contribution in [3.8, 4) is 5.69 Å². The molecule has 0 aliphatic carbocycles. The molecule has 0 fully saturated rings. The molecule has 0 saturated carbocycles. The maximum atomic E-state index is 13.9. The number of nitrogens with zero attached hydrogens (tertiary/aromatic N) is 3. The Morgan fingerprint density at radius 2 is 2.37 bits per heavy atom. The molecule has 1 atom stereocenters. The normalized spacial score (nSPS) is 12.2. The van der Waals surface area contributed by atoms with E-state index in [1.807, 2.05) is 6.92 Å². The number of alkyl halides is 1. The largest absolute Gasteiger partial charge is 0.325 e. The molecule has 1 aromatic heterocycles. The Morgan fingerprint density at radius 3 is 2.95 bits per heavy atom. The number of benzene rings is 1. The maximum Gasteiger partial charge on any atom is 0.238 e. The lowest BCUT2D eigenvalue weighted by Gasteiger charge is -2.10. The molecule has 2 aromatic rings. The Kier molecular flexibility index (Phi) is 4.26. The highest BCUT2D eigenvalue weighted by Crippen LogP contribution is 2.18. The molecule has 5 nitrogen and oxygen atoms in total. The van der Waals surface area contributed by atoms with Crippen LogP contribution in [-0.4, -0.2) is 25.5 Å². The van der Waals surface area contributed by atoms with Crippen LogP contribution in [0, 0.1) is 5.82 Å². The molecule has 1 heterocycles. The number of amides is 1. The van der Waals surface area contributed by atoms with E-state index in [1.54, 1.807) is 6.07 Å². The van der Waals surface area contributed by atoms with Gasteiger partial charge in [-0.1, -0.05) is 22.9 Å². The summed E-state index contributed by atoms with van der Waals surface area (Å²) >= 11 is 3.24. The third kappa shape index (κ3) is 3.17. The monoisotopic (exact) mass is 326 g/mol. The van der Waals surface area contributed by atoms with Gasteiger partial charge in [0.2, 0.25) is 5.91 Å². The zero-order valence-electron chi connectivity index (χ0n) is 10.2. The van der Waals surface area contributed by atoms with E-state index in [9.17, 15) is 9.18 Å². The second-order valence-electron chi connectivity index (χ2n) is 3.87. The number of anilines is 1. The van der Waals surface area contributed by atoms with Crippen LogP contribution in [-0.2, 0) is 4.79 Å². The minimum Gasteiger partial charge on any atom is -0.325 e. The predicted octanol–water partition coefficient (Wildman–Crippen LogP) is 2.52. The van der Waals surface area contributed by atoms with E-state index in [1.165, 1.54) is 29.5 Å². The van der Waals surface area contributed by atoms with Gasteiger partial charge < -0.3 is 5.32 Å². The van der Waals surface area contributed by atoms with Gasteiger partial charge in [0, 0.05) is 5.69 Å². The van der Waals surface area contributed by atoms with Gasteiger partial charge in [0.05, 0.1) is 4.83 Å². The molecule has 1 aromatic carbocycles. The molecule has 0 spiro atoms. The number of carbonyl (C=O) groups excluding carboxylic acids is 1. The van der Waals surface area contributed by atoms with Gasteiger partial charge in [-0.25, -0.2) is 14.1 Å². The lowest BCUT2D eigenvalue weighted by Crippen LogP contribution is -2.22. The van der Waals surface area contributed by atoms with E-state index in [0.29, 0.717) is 12.1 Å². The highest BCUT2D eigenvalue weighted by Gasteiger charge is 2.13. The fourth-order valence-corrected chi connectivity index (χ4v) is 1.62. The summed E-state index contributed by atoms with van der Waals surface area (Å²) in [5, 5.41) is 6.48. The first-order valence-corrected chi connectivity index (χ1v) is 6.63. The summed E-state index contributed by atoms with van der Waals surface area (Å²) in [7, 11) is 0. The minimum atomic E-state index is -0.481.